The van der Waals surface area contributed by atoms with E-state index in [1.165, 1.54) is 43.9 Å². The summed E-state index contributed by atoms with van der Waals surface area (Å²) in [6, 6.07) is 8.62. The van der Waals surface area contributed by atoms with Crippen LogP contribution in [-0.4, -0.2) is 46.5 Å². The molecule has 8 heteroatoms. The van der Waals surface area contributed by atoms with E-state index in [2.05, 4.69) is 55.8 Å². The van der Waals surface area contributed by atoms with E-state index in [0.717, 1.165) is 17.0 Å². The molecule has 27 heavy (non-hydrogen) atoms. The van der Waals surface area contributed by atoms with Crippen molar-refractivity contribution in [1.82, 2.24) is 10.6 Å². The first kappa shape index (κ1) is 24.7. The number of rotatable bonds is 7. The lowest BCUT2D eigenvalue weighted by Crippen LogP contribution is -2.46. The van der Waals surface area contributed by atoms with Gasteiger partial charge in [0.15, 0.2) is 5.96 Å². The van der Waals surface area contributed by atoms with Crippen LogP contribution in [0.5, 0.6) is 0 Å². The maximum Gasteiger partial charge on any atom is 0.191 e. The summed E-state index contributed by atoms with van der Waals surface area (Å²) < 4.78 is 23.6. The Balaban J connectivity index is 0.00000364. The van der Waals surface area contributed by atoms with E-state index in [1.54, 1.807) is 7.05 Å². The van der Waals surface area contributed by atoms with Gasteiger partial charge in [-0.05, 0) is 37.0 Å². The number of benzene rings is 1. The normalized spacial score (nSPS) is 17.1. The van der Waals surface area contributed by atoms with Gasteiger partial charge in [0.25, 0.3) is 0 Å². The Hall–Kier alpha value is -0.350. The molecule has 2 N–H and O–H groups in total. The SMILES string of the molecule is CN=C(NCCCS(C)(=O)=O)NCC1(c2cccc(Br)c2)CCCCC1.I. The maximum absolute atomic E-state index is 11.2. The highest BCUT2D eigenvalue weighted by atomic mass is 127. The molecule has 1 aromatic carbocycles. The number of nitrogens with one attached hydrogen (secondary N) is 2. The van der Waals surface area contributed by atoms with Gasteiger partial charge in [-0.1, -0.05) is 47.3 Å². The van der Waals surface area contributed by atoms with Gasteiger partial charge in [0.1, 0.15) is 9.84 Å². The van der Waals surface area contributed by atoms with Crippen molar-refractivity contribution >= 4 is 55.7 Å². The van der Waals surface area contributed by atoms with Crippen LogP contribution in [0.25, 0.3) is 0 Å². The first-order chi connectivity index (χ1) is 12.3. The summed E-state index contributed by atoms with van der Waals surface area (Å²) >= 11 is 3.60. The standard InChI is InChI=1S/C19H30BrN3O2S.HI/c1-21-18(22-12-7-13-26(2,24)25)23-15-19(10-4-3-5-11-19)16-8-6-9-17(20)14-16;/h6,8-9,14H,3-5,7,10-13,15H2,1-2H3,(H2,21,22,23);1H. The second kappa shape index (κ2) is 11.6. The Labute approximate surface area is 189 Å². The second-order valence-corrected chi connectivity index (χ2v) is 10.4. The molecule has 0 spiro atoms. The van der Waals surface area contributed by atoms with Crippen molar-refractivity contribution in [3.05, 3.63) is 34.3 Å². The molecule has 0 amide bonds. The van der Waals surface area contributed by atoms with Crippen molar-refractivity contribution in [1.29, 1.82) is 0 Å². The number of hydrogen-bond acceptors (Lipinski definition) is 3. The van der Waals surface area contributed by atoms with Crippen LogP contribution in [0, 0.1) is 0 Å². The molecule has 5 nitrogen and oxygen atoms in total. The van der Waals surface area contributed by atoms with Crippen molar-refractivity contribution in [3.8, 4) is 0 Å². The highest BCUT2D eigenvalue weighted by molar-refractivity contribution is 14.0. The minimum atomic E-state index is -2.91. The molecule has 0 heterocycles. The van der Waals surface area contributed by atoms with Gasteiger partial charge in [0.2, 0.25) is 0 Å². The summed E-state index contributed by atoms with van der Waals surface area (Å²) in [7, 11) is -1.16. The minimum Gasteiger partial charge on any atom is -0.356 e. The minimum absolute atomic E-state index is 0. The topological polar surface area (TPSA) is 70.6 Å². The molecule has 1 aliphatic rings. The molecule has 0 radical (unpaired) electrons. The van der Waals surface area contributed by atoms with Crippen molar-refractivity contribution < 1.29 is 8.42 Å². The van der Waals surface area contributed by atoms with Crippen molar-refractivity contribution in [2.45, 2.75) is 43.9 Å². The number of hydrogen-bond donors (Lipinski definition) is 2. The summed E-state index contributed by atoms with van der Waals surface area (Å²) in [5, 5.41) is 6.70. The van der Waals surface area contributed by atoms with E-state index in [4.69, 9.17) is 0 Å². The summed E-state index contributed by atoms with van der Waals surface area (Å²) in [5.74, 6) is 0.928. The number of nitrogens with zero attached hydrogens (tertiary/aromatic N) is 1. The quantitative estimate of drug-likeness (QED) is 0.226. The maximum atomic E-state index is 11.2. The second-order valence-electron chi connectivity index (χ2n) is 7.19. The fourth-order valence-electron chi connectivity index (χ4n) is 3.63. The number of sulfone groups is 1. The van der Waals surface area contributed by atoms with Crippen LogP contribution in [0.3, 0.4) is 0 Å². The molecule has 0 aliphatic heterocycles. The number of halogens is 2. The van der Waals surface area contributed by atoms with Crippen LogP contribution in [0.2, 0.25) is 0 Å². The fourth-order valence-corrected chi connectivity index (χ4v) is 4.70. The first-order valence-corrected chi connectivity index (χ1v) is 12.1. The zero-order valence-corrected chi connectivity index (χ0v) is 20.9. The lowest BCUT2D eigenvalue weighted by atomic mass is 9.69. The lowest BCUT2D eigenvalue weighted by Gasteiger charge is -2.38. The Kier molecular flexibility index (Phi) is 10.6. The summed E-state index contributed by atoms with van der Waals surface area (Å²) in [5.41, 5.74) is 1.48. The van der Waals surface area contributed by atoms with Crippen molar-refractivity contribution in [2.75, 3.05) is 32.1 Å². The average Bonchev–Trinajstić information content (AvgIpc) is 2.61. The van der Waals surface area contributed by atoms with Gasteiger partial charge in [-0.3, -0.25) is 4.99 Å². The van der Waals surface area contributed by atoms with E-state index >= 15 is 0 Å². The zero-order chi connectivity index (χ0) is 19.0. The largest absolute Gasteiger partial charge is 0.356 e. The third-order valence-electron chi connectivity index (χ3n) is 5.05. The Morgan fingerprint density at radius 3 is 2.52 bits per heavy atom. The van der Waals surface area contributed by atoms with Gasteiger partial charge in [0, 0.05) is 36.3 Å². The summed E-state index contributed by atoms with van der Waals surface area (Å²) in [4.78, 5) is 4.28. The molecule has 1 aromatic rings. The Bertz CT molecular complexity index is 719. The molecule has 0 saturated heterocycles. The zero-order valence-electron chi connectivity index (χ0n) is 16.1. The molecule has 1 aliphatic carbocycles. The lowest BCUT2D eigenvalue weighted by molar-refractivity contribution is 0.291. The van der Waals surface area contributed by atoms with Crippen LogP contribution in [0.1, 0.15) is 44.1 Å². The van der Waals surface area contributed by atoms with Gasteiger partial charge >= 0.3 is 0 Å². The van der Waals surface area contributed by atoms with Crippen LogP contribution in [0.15, 0.2) is 33.7 Å². The summed E-state index contributed by atoms with van der Waals surface area (Å²) in [6.07, 6.45) is 7.97. The predicted octanol–water partition coefficient (Wildman–Crippen LogP) is 3.87. The van der Waals surface area contributed by atoms with Crippen LogP contribution < -0.4 is 10.6 Å². The van der Waals surface area contributed by atoms with Gasteiger partial charge < -0.3 is 10.6 Å². The molecule has 1 saturated carbocycles. The van der Waals surface area contributed by atoms with E-state index in [0.29, 0.717) is 13.0 Å². The molecule has 2 rings (SSSR count). The van der Waals surface area contributed by atoms with Crippen molar-refractivity contribution in [2.24, 2.45) is 4.99 Å². The molecule has 0 atom stereocenters. The fraction of sp³-hybridized carbons (Fsp3) is 0.632. The van der Waals surface area contributed by atoms with E-state index in [-0.39, 0.29) is 35.1 Å². The molecule has 0 unspecified atom stereocenters. The molecule has 0 aromatic heterocycles. The molecular formula is C19H31BrIN3O2S. The first-order valence-electron chi connectivity index (χ1n) is 9.23. The predicted molar refractivity (Wildman–Crippen MR) is 128 cm³/mol. The van der Waals surface area contributed by atoms with Gasteiger partial charge in [-0.25, -0.2) is 8.42 Å². The molecule has 154 valence electrons. The highest BCUT2D eigenvalue weighted by Gasteiger charge is 2.34. The van der Waals surface area contributed by atoms with Gasteiger partial charge in [-0.15, -0.1) is 24.0 Å². The van der Waals surface area contributed by atoms with Gasteiger partial charge in [-0.2, -0.15) is 0 Å². The highest BCUT2D eigenvalue weighted by Crippen LogP contribution is 2.39. The number of aliphatic imine (C=N–C) groups is 1. The number of guanidine groups is 1. The van der Waals surface area contributed by atoms with Crippen LogP contribution in [-0.2, 0) is 15.3 Å². The van der Waals surface area contributed by atoms with Gasteiger partial charge in [0.05, 0.1) is 5.75 Å². The Morgan fingerprint density at radius 2 is 1.93 bits per heavy atom. The molecular weight excluding hydrogens is 541 g/mol. The van der Waals surface area contributed by atoms with Crippen molar-refractivity contribution in [3.63, 3.8) is 0 Å². The van der Waals surface area contributed by atoms with E-state index < -0.39 is 9.84 Å². The third-order valence-corrected chi connectivity index (χ3v) is 6.57. The van der Waals surface area contributed by atoms with Crippen LogP contribution >= 0.6 is 39.9 Å². The smallest absolute Gasteiger partial charge is 0.191 e. The average molecular weight is 572 g/mol. The molecule has 1 fully saturated rings. The van der Waals surface area contributed by atoms with E-state index in [9.17, 15) is 8.42 Å². The van der Waals surface area contributed by atoms with Crippen LogP contribution in [0.4, 0.5) is 0 Å². The monoisotopic (exact) mass is 571 g/mol. The summed E-state index contributed by atoms with van der Waals surface area (Å²) in [6.45, 7) is 1.42. The Morgan fingerprint density at radius 1 is 1.22 bits per heavy atom. The van der Waals surface area contributed by atoms with E-state index in [1.807, 2.05) is 0 Å². The molecule has 0 bridgehead atoms. The third kappa shape index (κ3) is 8.27.